The number of nitrogens with zero attached hydrogens (tertiary/aromatic N) is 3. The number of nitrogens with one attached hydrogen (secondary N) is 1. The fourth-order valence-corrected chi connectivity index (χ4v) is 3.09. The second-order valence-electron chi connectivity index (χ2n) is 5.58. The Kier molecular flexibility index (Phi) is 4.60. The van der Waals surface area contributed by atoms with E-state index in [-0.39, 0.29) is 0 Å². The lowest BCUT2D eigenvalue weighted by molar-refractivity contribution is 0.306. The minimum atomic E-state index is 0.317. The number of hydrogen-bond acceptors (Lipinski definition) is 5. The Morgan fingerprint density at radius 2 is 2.14 bits per heavy atom. The smallest absolute Gasteiger partial charge is 0.231 e. The van der Waals surface area contributed by atoms with Crippen molar-refractivity contribution in [2.45, 2.75) is 51.0 Å². The number of pyridine rings is 1. The molecule has 2 atom stereocenters. The molecule has 0 aliphatic heterocycles. The third kappa shape index (κ3) is 3.29. The summed E-state index contributed by atoms with van der Waals surface area (Å²) in [4.78, 5) is 8.88. The van der Waals surface area contributed by atoms with E-state index in [0.29, 0.717) is 17.8 Å². The SMILES string of the molecule is CCNC1CCCCCC1c1nc(-c2ccccn2)no1. The second kappa shape index (κ2) is 6.80. The molecule has 1 aliphatic rings. The van der Waals surface area contributed by atoms with Crippen molar-refractivity contribution in [1.29, 1.82) is 0 Å². The maximum absolute atomic E-state index is 5.55. The summed E-state index contributed by atoms with van der Waals surface area (Å²) in [6.07, 6.45) is 7.84. The predicted molar refractivity (Wildman–Crippen MR) is 80.8 cm³/mol. The predicted octanol–water partition coefficient (Wildman–Crippen LogP) is 3.16. The molecule has 5 heteroatoms. The first-order valence-corrected chi connectivity index (χ1v) is 7.87. The standard InChI is InChI=1S/C16H22N4O/c1-2-17-13-9-5-3-4-8-12(13)16-19-15(20-21-16)14-10-6-7-11-18-14/h6-7,10-13,17H,2-5,8-9H2,1H3. The Labute approximate surface area is 125 Å². The number of rotatable bonds is 4. The molecule has 1 N–H and O–H groups in total. The van der Waals surface area contributed by atoms with E-state index >= 15 is 0 Å². The molecule has 2 unspecified atom stereocenters. The topological polar surface area (TPSA) is 63.8 Å². The molecule has 0 bridgehead atoms. The van der Waals surface area contributed by atoms with E-state index in [1.165, 1.54) is 25.7 Å². The van der Waals surface area contributed by atoms with Gasteiger partial charge >= 0.3 is 0 Å². The average Bonchev–Trinajstić information content (AvgIpc) is 2.90. The van der Waals surface area contributed by atoms with Gasteiger partial charge in [-0.05, 0) is 31.5 Å². The monoisotopic (exact) mass is 286 g/mol. The molecule has 1 saturated carbocycles. The number of likely N-dealkylation sites (N-methyl/N-ethyl adjacent to an activating group) is 1. The third-order valence-corrected chi connectivity index (χ3v) is 4.14. The van der Waals surface area contributed by atoms with E-state index in [9.17, 15) is 0 Å². The lowest BCUT2D eigenvalue weighted by Crippen LogP contribution is -2.34. The molecule has 0 aromatic carbocycles. The van der Waals surface area contributed by atoms with Crippen LogP contribution in [0, 0.1) is 0 Å². The van der Waals surface area contributed by atoms with Gasteiger partial charge in [0.1, 0.15) is 5.69 Å². The molecule has 0 radical (unpaired) electrons. The lowest BCUT2D eigenvalue weighted by atomic mass is 9.94. The quantitative estimate of drug-likeness (QED) is 0.875. The molecule has 0 saturated heterocycles. The van der Waals surface area contributed by atoms with Gasteiger partial charge < -0.3 is 9.84 Å². The first kappa shape index (κ1) is 14.2. The number of aromatic nitrogens is 3. The zero-order valence-electron chi connectivity index (χ0n) is 12.5. The van der Waals surface area contributed by atoms with Gasteiger partial charge in [0, 0.05) is 12.2 Å². The molecule has 2 heterocycles. The van der Waals surface area contributed by atoms with Gasteiger partial charge in [-0.2, -0.15) is 4.98 Å². The van der Waals surface area contributed by atoms with Gasteiger partial charge in [0.05, 0.1) is 5.92 Å². The minimum absolute atomic E-state index is 0.317. The Hall–Kier alpha value is -1.75. The molecule has 1 fully saturated rings. The van der Waals surface area contributed by atoms with E-state index in [2.05, 4.69) is 27.4 Å². The molecular formula is C16H22N4O. The fourth-order valence-electron chi connectivity index (χ4n) is 3.09. The Morgan fingerprint density at radius 3 is 2.95 bits per heavy atom. The summed E-state index contributed by atoms with van der Waals surface area (Å²) in [5.41, 5.74) is 0.765. The highest BCUT2D eigenvalue weighted by Gasteiger charge is 2.29. The van der Waals surface area contributed by atoms with Crippen LogP contribution in [0.5, 0.6) is 0 Å². The molecule has 1 aliphatic carbocycles. The van der Waals surface area contributed by atoms with Gasteiger partial charge in [0.15, 0.2) is 0 Å². The Bertz CT molecular complexity index is 554. The summed E-state index contributed by atoms with van der Waals surface area (Å²) in [7, 11) is 0. The summed E-state index contributed by atoms with van der Waals surface area (Å²) < 4.78 is 5.55. The Balaban J connectivity index is 1.83. The van der Waals surface area contributed by atoms with Gasteiger partial charge in [-0.25, -0.2) is 0 Å². The number of hydrogen-bond donors (Lipinski definition) is 1. The van der Waals surface area contributed by atoms with Crippen LogP contribution in [0.4, 0.5) is 0 Å². The maximum Gasteiger partial charge on any atom is 0.231 e. The summed E-state index contributed by atoms with van der Waals surface area (Å²) in [5.74, 6) is 1.66. The van der Waals surface area contributed by atoms with Crippen LogP contribution >= 0.6 is 0 Å². The highest BCUT2D eigenvalue weighted by Crippen LogP contribution is 2.31. The highest BCUT2D eigenvalue weighted by molar-refractivity contribution is 5.47. The van der Waals surface area contributed by atoms with Crippen LogP contribution in [0.25, 0.3) is 11.5 Å². The van der Waals surface area contributed by atoms with Crippen molar-refractivity contribution in [3.63, 3.8) is 0 Å². The normalized spacial score (nSPS) is 22.9. The summed E-state index contributed by atoms with van der Waals surface area (Å²) in [5, 5.41) is 7.69. The van der Waals surface area contributed by atoms with Crippen LogP contribution < -0.4 is 5.32 Å². The van der Waals surface area contributed by atoms with Gasteiger partial charge in [-0.3, -0.25) is 4.98 Å². The van der Waals surface area contributed by atoms with Crippen molar-refractivity contribution in [1.82, 2.24) is 20.4 Å². The largest absolute Gasteiger partial charge is 0.339 e. The van der Waals surface area contributed by atoms with E-state index in [1.807, 2.05) is 18.2 Å². The third-order valence-electron chi connectivity index (χ3n) is 4.14. The summed E-state index contributed by atoms with van der Waals surface area (Å²) >= 11 is 0. The van der Waals surface area contributed by atoms with Crippen molar-refractivity contribution < 1.29 is 4.52 Å². The van der Waals surface area contributed by atoms with Crippen LogP contribution in [0.15, 0.2) is 28.9 Å². The highest BCUT2D eigenvalue weighted by atomic mass is 16.5. The van der Waals surface area contributed by atoms with Crippen LogP contribution in [-0.2, 0) is 0 Å². The van der Waals surface area contributed by atoms with Crippen molar-refractivity contribution >= 4 is 0 Å². The molecular weight excluding hydrogens is 264 g/mol. The molecule has 0 spiro atoms. The van der Waals surface area contributed by atoms with Crippen molar-refractivity contribution in [3.8, 4) is 11.5 Å². The molecule has 0 amide bonds. The van der Waals surface area contributed by atoms with Crippen molar-refractivity contribution in [2.75, 3.05) is 6.54 Å². The van der Waals surface area contributed by atoms with Gasteiger partial charge in [-0.15, -0.1) is 0 Å². The van der Waals surface area contributed by atoms with Crippen molar-refractivity contribution in [2.24, 2.45) is 0 Å². The van der Waals surface area contributed by atoms with Crippen LogP contribution in [0.3, 0.4) is 0 Å². The molecule has 2 aromatic heterocycles. The van der Waals surface area contributed by atoms with Gasteiger partial charge in [0.2, 0.25) is 11.7 Å². The molecule has 112 valence electrons. The Morgan fingerprint density at radius 1 is 1.24 bits per heavy atom. The first-order valence-electron chi connectivity index (χ1n) is 7.87. The van der Waals surface area contributed by atoms with E-state index < -0.39 is 0 Å². The summed E-state index contributed by atoms with van der Waals surface area (Å²) in [6, 6.07) is 6.17. The second-order valence-corrected chi connectivity index (χ2v) is 5.58. The first-order chi connectivity index (χ1) is 10.4. The van der Waals surface area contributed by atoms with Crippen molar-refractivity contribution in [3.05, 3.63) is 30.3 Å². The summed E-state index contributed by atoms with van der Waals surface area (Å²) in [6.45, 7) is 3.12. The molecule has 2 aromatic rings. The van der Waals surface area contributed by atoms with E-state index in [0.717, 1.165) is 24.6 Å². The zero-order valence-corrected chi connectivity index (χ0v) is 12.5. The van der Waals surface area contributed by atoms with E-state index in [4.69, 9.17) is 4.52 Å². The fraction of sp³-hybridized carbons (Fsp3) is 0.562. The van der Waals surface area contributed by atoms with Gasteiger partial charge in [0.25, 0.3) is 0 Å². The molecule has 21 heavy (non-hydrogen) atoms. The molecule has 5 nitrogen and oxygen atoms in total. The minimum Gasteiger partial charge on any atom is -0.339 e. The molecule has 3 rings (SSSR count). The van der Waals surface area contributed by atoms with E-state index in [1.54, 1.807) is 6.20 Å². The van der Waals surface area contributed by atoms with Gasteiger partial charge in [-0.1, -0.05) is 37.4 Å². The van der Waals surface area contributed by atoms with Crippen LogP contribution in [0.1, 0.15) is 50.8 Å². The van der Waals surface area contributed by atoms with Crippen LogP contribution in [-0.4, -0.2) is 27.7 Å². The maximum atomic E-state index is 5.55. The van der Waals surface area contributed by atoms with Crippen LogP contribution in [0.2, 0.25) is 0 Å². The lowest BCUT2D eigenvalue weighted by Gasteiger charge is -2.22. The average molecular weight is 286 g/mol. The zero-order chi connectivity index (χ0) is 14.5.